The van der Waals surface area contributed by atoms with E-state index in [1.54, 1.807) is 0 Å². The minimum absolute atomic E-state index is 0.202. The highest BCUT2D eigenvalue weighted by atomic mass is 16.3. The predicted molar refractivity (Wildman–Crippen MR) is 37.4 cm³/mol. The van der Waals surface area contributed by atoms with Gasteiger partial charge in [0.25, 0.3) is 0 Å². The molecule has 0 aromatic heterocycles. The van der Waals surface area contributed by atoms with Gasteiger partial charge in [0.1, 0.15) is 0 Å². The number of rotatable bonds is 5. The zero-order valence-corrected chi connectivity index (χ0v) is 5.90. The Kier molecular flexibility index (Phi) is 5.52. The fourth-order valence-corrected chi connectivity index (χ4v) is 0.699. The van der Waals surface area contributed by atoms with Crippen molar-refractivity contribution in [2.24, 2.45) is 5.73 Å². The first kappa shape index (κ1) is 9.84. The molecule has 10 heavy (non-hydrogen) atoms. The second-order valence-electron chi connectivity index (χ2n) is 2.30. The van der Waals surface area contributed by atoms with E-state index in [-0.39, 0.29) is 13.0 Å². The van der Waals surface area contributed by atoms with Gasteiger partial charge in [0.15, 0.2) is 0 Å². The van der Waals surface area contributed by atoms with Gasteiger partial charge >= 0.3 is 0 Å². The van der Waals surface area contributed by atoms with Crippen LogP contribution < -0.4 is 5.73 Å². The minimum atomic E-state index is -0.818. The lowest BCUT2D eigenvalue weighted by Gasteiger charge is -2.11. The van der Waals surface area contributed by atoms with Crippen molar-refractivity contribution in [3.05, 3.63) is 0 Å². The first-order valence-electron chi connectivity index (χ1n) is 3.37. The maximum absolute atomic E-state index is 9.00. The Hall–Kier alpha value is -0.160. The van der Waals surface area contributed by atoms with Gasteiger partial charge in [-0.1, -0.05) is 0 Å². The van der Waals surface area contributed by atoms with Crippen LogP contribution in [-0.4, -0.2) is 40.7 Å². The molecule has 2 unspecified atom stereocenters. The summed E-state index contributed by atoms with van der Waals surface area (Å²) in [5.74, 6) is 0. The highest BCUT2D eigenvalue weighted by molar-refractivity contribution is 4.62. The molecule has 0 saturated carbocycles. The molecule has 62 valence electrons. The summed E-state index contributed by atoms with van der Waals surface area (Å²) in [4.78, 5) is 0. The molecule has 0 radical (unpaired) electrons. The van der Waals surface area contributed by atoms with Crippen LogP contribution in [0.5, 0.6) is 0 Å². The van der Waals surface area contributed by atoms with E-state index in [0.717, 1.165) is 0 Å². The summed E-state index contributed by atoms with van der Waals surface area (Å²) in [6.07, 6.45) is -0.737. The van der Waals surface area contributed by atoms with Crippen molar-refractivity contribution >= 4 is 0 Å². The zero-order valence-electron chi connectivity index (χ0n) is 5.90. The molecule has 0 aromatic carbocycles. The van der Waals surface area contributed by atoms with Crippen molar-refractivity contribution in [3.8, 4) is 0 Å². The van der Waals surface area contributed by atoms with Crippen LogP contribution in [0.2, 0.25) is 0 Å². The van der Waals surface area contributed by atoms with E-state index in [1.807, 2.05) is 0 Å². The van der Waals surface area contributed by atoms with Crippen molar-refractivity contribution < 1.29 is 15.3 Å². The van der Waals surface area contributed by atoms with Crippen molar-refractivity contribution in [1.82, 2.24) is 0 Å². The Morgan fingerprint density at radius 2 is 1.80 bits per heavy atom. The van der Waals surface area contributed by atoms with Crippen molar-refractivity contribution in [3.63, 3.8) is 0 Å². The van der Waals surface area contributed by atoms with Crippen molar-refractivity contribution in [1.29, 1.82) is 0 Å². The number of nitrogens with two attached hydrogens (primary N) is 1. The Bertz CT molecular complexity index is 79.4. The fraction of sp³-hybridized carbons (Fsp3) is 1.00. The summed E-state index contributed by atoms with van der Waals surface area (Å²) >= 11 is 0. The molecule has 2 atom stereocenters. The SMILES string of the molecule is NCCC(O)CC(O)CO. The summed E-state index contributed by atoms with van der Waals surface area (Å²) < 4.78 is 0. The molecule has 4 heteroatoms. The van der Waals surface area contributed by atoms with E-state index >= 15 is 0 Å². The Balaban J connectivity index is 3.27. The molecule has 0 aliphatic carbocycles. The molecular weight excluding hydrogens is 134 g/mol. The monoisotopic (exact) mass is 149 g/mol. The standard InChI is InChI=1S/C6H15NO3/c7-2-1-5(9)3-6(10)4-8/h5-6,8-10H,1-4,7H2. The van der Waals surface area contributed by atoms with Crippen LogP contribution in [0.3, 0.4) is 0 Å². The van der Waals surface area contributed by atoms with Gasteiger partial charge in [0.2, 0.25) is 0 Å². The lowest BCUT2D eigenvalue weighted by atomic mass is 10.1. The Morgan fingerprint density at radius 1 is 1.20 bits per heavy atom. The van der Waals surface area contributed by atoms with Crippen LogP contribution >= 0.6 is 0 Å². The zero-order chi connectivity index (χ0) is 7.98. The van der Waals surface area contributed by atoms with Gasteiger partial charge < -0.3 is 21.1 Å². The molecule has 0 aromatic rings. The number of aliphatic hydroxyl groups is 3. The molecule has 0 bridgehead atoms. The van der Waals surface area contributed by atoms with E-state index in [0.29, 0.717) is 13.0 Å². The molecule has 0 heterocycles. The fourth-order valence-electron chi connectivity index (χ4n) is 0.699. The molecule has 0 saturated heterocycles. The second kappa shape index (κ2) is 5.61. The van der Waals surface area contributed by atoms with Gasteiger partial charge in [-0.25, -0.2) is 0 Å². The molecule has 0 spiro atoms. The summed E-state index contributed by atoms with van der Waals surface area (Å²) in [6, 6.07) is 0. The maximum Gasteiger partial charge on any atom is 0.0795 e. The molecule has 0 rings (SSSR count). The van der Waals surface area contributed by atoms with Crippen LogP contribution in [0, 0.1) is 0 Å². The molecule has 0 aliphatic rings. The average Bonchev–Trinajstić information content (AvgIpc) is 1.88. The van der Waals surface area contributed by atoms with Crippen LogP contribution in [0.4, 0.5) is 0 Å². The van der Waals surface area contributed by atoms with E-state index in [4.69, 9.17) is 21.1 Å². The number of hydrogen-bond donors (Lipinski definition) is 4. The van der Waals surface area contributed by atoms with E-state index in [1.165, 1.54) is 0 Å². The maximum atomic E-state index is 9.00. The minimum Gasteiger partial charge on any atom is -0.394 e. The topological polar surface area (TPSA) is 86.7 Å². The van der Waals surface area contributed by atoms with Gasteiger partial charge in [-0.15, -0.1) is 0 Å². The summed E-state index contributed by atoms with van der Waals surface area (Å²) in [7, 11) is 0. The van der Waals surface area contributed by atoms with Crippen LogP contribution in [0.15, 0.2) is 0 Å². The first-order chi connectivity index (χ1) is 4.70. The van der Waals surface area contributed by atoms with Gasteiger partial charge in [-0.3, -0.25) is 0 Å². The quantitative estimate of drug-likeness (QED) is 0.381. The average molecular weight is 149 g/mol. The first-order valence-corrected chi connectivity index (χ1v) is 3.37. The Labute approximate surface area is 60.3 Å². The van der Waals surface area contributed by atoms with Crippen LogP contribution in [0.1, 0.15) is 12.8 Å². The van der Waals surface area contributed by atoms with Gasteiger partial charge in [-0.2, -0.15) is 0 Å². The molecule has 0 aliphatic heterocycles. The van der Waals surface area contributed by atoms with Crippen LogP contribution in [-0.2, 0) is 0 Å². The van der Waals surface area contributed by atoms with Crippen LogP contribution in [0.25, 0.3) is 0 Å². The molecule has 0 amide bonds. The Morgan fingerprint density at radius 3 is 2.20 bits per heavy atom. The van der Waals surface area contributed by atoms with Gasteiger partial charge in [0.05, 0.1) is 18.8 Å². The lowest BCUT2D eigenvalue weighted by molar-refractivity contribution is 0.0398. The normalized spacial score (nSPS) is 16.8. The summed E-state index contributed by atoms with van der Waals surface area (Å²) in [5, 5.41) is 26.2. The van der Waals surface area contributed by atoms with Gasteiger partial charge in [0, 0.05) is 6.42 Å². The predicted octanol–water partition coefficient (Wildman–Crippen LogP) is -1.56. The summed E-state index contributed by atoms with van der Waals surface area (Å²) in [5.41, 5.74) is 5.14. The second-order valence-corrected chi connectivity index (χ2v) is 2.30. The number of hydrogen-bond acceptors (Lipinski definition) is 4. The van der Waals surface area contributed by atoms with Gasteiger partial charge in [-0.05, 0) is 13.0 Å². The highest BCUT2D eigenvalue weighted by Gasteiger charge is 2.09. The smallest absolute Gasteiger partial charge is 0.0795 e. The lowest BCUT2D eigenvalue weighted by Crippen LogP contribution is -2.22. The summed E-state index contributed by atoms with van der Waals surface area (Å²) in [6.45, 7) is 0.0982. The van der Waals surface area contributed by atoms with E-state index < -0.39 is 12.2 Å². The molecule has 4 nitrogen and oxygen atoms in total. The molecular formula is C6H15NO3. The third-order valence-electron chi connectivity index (χ3n) is 1.25. The molecule has 5 N–H and O–H groups in total. The third-order valence-corrected chi connectivity index (χ3v) is 1.25. The van der Waals surface area contributed by atoms with E-state index in [9.17, 15) is 0 Å². The van der Waals surface area contributed by atoms with E-state index in [2.05, 4.69) is 0 Å². The largest absolute Gasteiger partial charge is 0.394 e. The number of aliphatic hydroxyl groups excluding tert-OH is 3. The third kappa shape index (κ3) is 4.69. The van der Waals surface area contributed by atoms with Crippen molar-refractivity contribution in [2.75, 3.05) is 13.2 Å². The van der Waals surface area contributed by atoms with Crippen molar-refractivity contribution in [2.45, 2.75) is 25.0 Å². The molecule has 0 fully saturated rings. The highest BCUT2D eigenvalue weighted by Crippen LogP contribution is 2.00.